The standard InChI is InChI=1S/C9H15NO/c11-7-8-6-10-5-4-9(8)2-1-3-9/h7-8,10H,1-6H2. The zero-order valence-electron chi connectivity index (χ0n) is 6.81. The summed E-state index contributed by atoms with van der Waals surface area (Å²) < 4.78 is 0. The quantitative estimate of drug-likeness (QED) is 0.569. The zero-order valence-corrected chi connectivity index (χ0v) is 6.81. The molecule has 0 bridgehead atoms. The van der Waals surface area contributed by atoms with Crippen molar-refractivity contribution in [3.8, 4) is 0 Å². The molecule has 2 rings (SSSR count). The molecule has 1 N–H and O–H groups in total. The lowest BCUT2D eigenvalue weighted by Gasteiger charge is -2.49. The van der Waals surface area contributed by atoms with Crippen LogP contribution in [0.15, 0.2) is 0 Å². The Kier molecular flexibility index (Phi) is 1.72. The van der Waals surface area contributed by atoms with E-state index in [1.807, 2.05) is 0 Å². The molecular weight excluding hydrogens is 138 g/mol. The molecule has 11 heavy (non-hydrogen) atoms. The van der Waals surface area contributed by atoms with Crippen LogP contribution >= 0.6 is 0 Å². The van der Waals surface area contributed by atoms with E-state index in [-0.39, 0.29) is 0 Å². The monoisotopic (exact) mass is 153 g/mol. The first-order valence-electron chi connectivity index (χ1n) is 4.53. The van der Waals surface area contributed by atoms with Crippen LogP contribution in [0.1, 0.15) is 25.7 Å². The van der Waals surface area contributed by atoms with E-state index >= 15 is 0 Å². The van der Waals surface area contributed by atoms with Crippen LogP contribution in [-0.4, -0.2) is 19.4 Å². The summed E-state index contributed by atoms with van der Waals surface area (Å²) in [6, 6.07) is 0. The average Bonchev–Trinajstić information content (AvgIpc) is 2.01. The second-order valence-corrected chi connectivity index (χ2v) is 3.91. The van der Waals surface area contributed by atoms with Crippen molar-refractivity contribution in [2.24, 2.45) is 11.3 Å². The highest BCUT2D eigenvalue weighted by Gasteiger charge is 2.44. The largest absolute Gasteiger partial charge is 0.316 e. The lowest BCUT2D eigenvalue weighted by Crippen LogP contribution is -2.49. The third-order valence-corrected chi connectivity index (χ3v) is 3.46. The number of carbonyl (C=O) groups is 1. The normalized spacial score (nSPS) is 34.7. The number of aldehydes is 1. The molecule has 1 aliphatic carbocycles. The molecule has 0 aromatic carbocycles. The summed E-state index contributed by atoms with van der Waals surface area (Å²) in [7, 11) is 0. The van der Waals surface area contributed by atoms with Gasteiger partial charge in [0.05, 0.1) is 0 Å². The Morgan fingerprint density at radius 1 is 1.36 bits per heavy atom. The van der Waals surface area contributed by atoms with Crippen LogP contribution in [0, 0.1) is 11.3 Å². The Hall–Kier alpha value is -0.370. The maximum absolute atomic E-state index is 10.7. The summed E-state index contributed by atoms with van der Waals surface area (Å²) in [5.74, 6) is 0.310. The van der Waals surface area contributed by atoms with Crippen molar-refractivity contribution in [3.05, 3.63) is 0 Å². The first-order valence-corrected chi connectivity index (χ1v) is 4.53. The van der Waals surface area contributed by atoms with Gasteiger partial charge < -0.3 is 10.1 Å². The average molecular weight is 153 g/mol. The molecule has 1 aliphatic heterocycles. The van der Waals surface area contributed by atoms with Gasteiger partial charge in [-0.25, -0.2) is 0 Å². The van der Waals surface area contributed by atoms with Crippen LogP contribution in [0.5, 0.6) is 0 Å². The van der Waals surface area contributed by atoms with Gasteiger partial charge in [0.1, 0.15) is 6.29 Å². The Labute approximate surface area is 67.4 Å². The maximum Gasteiger partial charge on any atom is 0.124 e. The van der Waals surface area contributed by atoms with Crippen LogP contribution in [0.3, 0.4) is 0 Å². The summed E-state index contributed by atoms with van der Waals surface area (Å²) in [4.78, 5) is 10.7. The molecule has 0 amide bonds. The minimum absolute atomic E-state index is 0.310. The van der Waals surface area contributed by atoms with Crippen molar-refractivity contribution in [1.82, 2.24) is 5.32 Å². The molecule has 0 aromatic rings. The van der Waals surface area contributed by atoms with Gasteiger partial charge in [0, 0.05) is 12.5 Å². The fourth-order valence-corrected chi connectivity index (χ4v) is 2.44. The smallest absolute Gasteiger partial charge is 0.124 e. The van der Waals surface area contributed by atoms with Gasteiger partial charge in [0.25, 0.3) is 0 Å². The molecule has 2 aliphatic rings. The highest BCUT2D eigenvalue weighted by Crippen LogP contribution is 2.50. The molecule has 1 atom stereocenters. The maximum atomic E-state index is 10.7. The van der Waals surface area contributed by atoms with Crippen molar-refractivity contribution in [3.63, 3.8) is 0 Å². The summed E-state index contributed by atoms with van der Waals surface area (Å²) in [6.07, 6.45) is 6.29. The van der Waals surface area contributed by atoms with Crippen molar-refractivity contribution >= 4 is 6.29 Å². The van der Waals surface area contributed by atoms with Gasteiger partial charge in [-0.2, -0.15) is 0 Å². The molecule has 1 heterocycles. The summed E-state index contributed by atoms with van der Waals surface area (Å²) >= 11 is 0. The van der Waals surface area contributed by atoms with Crippen LogP contribution < -0.4 is 5.32 Å². The molecule has 0 aromatic heterocycles. The van der Waals surface area contributed by atoms with Crippen LogP contribution in [-0.2, 0) is 4.79 Å². The third-order valence-electron chi connectivity index (χ3n) is 3.46. The lowest BCUT2D eigenvalue weighted by molar-refractivity contribution is -0.119. The van der Waals surface area contributed by atoms with E-state index in [9.17, 15) is 4.79 Å². The molecule has 2 fully saturated rings. The van der Waals surface area contributed by atoms with E-state index in [1.165, 1.54) is 25.7 Å². The van der Waals surface area contributed by atoms with E-state index in [4.69, 9.17) is 0 Å². The minimum atomic E-state index is 0.310. The van der Waals surface area contributed by atoms with E-state index in [1.54, 1.807) is 0 Å². The lowest BCUT2D eigenvalue weighted by atomic mass is 9.58. The molecule has 1 saturated carbocycles. The van der Waals surface area contributed by atoms with Gasteiger partial charge in [-0.1, -0.05) is 6.42 Å². The predicted octanol–water partition coefficient (Wildman–Crippen LogP) is 0.965. The van der Waals surface area contributed by atoms with Crippen LogP contribution in [0.25, 0.3) is 0 Å². The van der Waals surface area contributed by atoms with Gasteiger partial charge >= 0.3 is 0 Å². The summed E-state index contributed by atoms with van der Waals surface area (Å²) in [5, 5.41) is 3.28. The second-order valence-electron chi connectivity index (χ2n) is 3.91. The Bertz CT molecular complexity index is 163. The molecule has 2 nitrogen and oxygen atoms in total. The number of rotatable bonds is 1. The van der Waals surface area contributed by atoms with Crippen molar-refractivity contribution in [2.45, 2.75) is 25.7 Å². The van der Waals surface area contributed by atoms with Crippen LogP contribution in [0.4, 0.5) is 0 Å². The van der Waals surface area contributed by atoms with E-state index in [2.05, 4.69) is 5.32 Å². The fourth-order valence-electron chi connectivity index (χ4n) is 2.44. The van der Waals surface area contributed by atoms with E-state index in [0.717, 1.165) is 19.4 Å². The Balaban J connectivity index is 2.08. The number of piperidine rings is 1. The first kappa shape index (κ1) is 7.29. The second kappa shape index (κ2) is 2.59. The van der Waals surface area contributed by atoms with Gasteiger partial charge in [0.15, 0.2) is 0 Å². The molecular formula is C9H15NO. The highest BCUT2D eigenvalue weighted by molar-refractivity contribution is 5.56. The Morgan fingerprint density at radius 3 is 2.64 bits per heavy atom. The van der Waals surface area contributed by atoms with E-state index in [0.29, 0.717) is 11.3 Å². The van der Waals surface area contributed by atoms with Gasteiger partial charge in [0.2, 0.25) is 0 Å². The number of hydrogen-bond acceptors (Lipinski definition) is 2. The number of carbonyl (C=O) groups excluding carboxylic acids is 1. The van der Waals surface area contributed by atoms with Crippen molar-refractivity contribution in [2.75, 3.05) is 13.1 Å². The third kappa shape index (κ3) is 1.00. The topological polar surface area (TPSA) is 29.1 Å². The number of hydrogen-bond donors (Lipinski definition) is 1. The molecule has 0 radical (unpaired) electrons. The molecule has 2 heteroatoms. The highest BCUT2D eigenvalue weighted by atomic mass is 16.1. The summed E-state index contributed by atoms with van der Waals surface area (Å²) in [6.45, 7) is 2.04. The summed E-state index contributed by atoms with van der Waals surface area (Å²) in [5.41, 5.74) is 0.438. The van der Waals surface area contributed by atoms with Crippen molar-refractivity contribution < 1.29 is 4.79 Å². The van der Waals surface area contributed by atoms with Gasteiger partial charge in [-0.05, 0) is 31.2 Å². The molecule has 1 spiro atoms. The fraction of sp³-hybridized carbons (Fsp3) is 0.889. The number of nitrogens with one attached hydrogen (secondary N) is 1. The molecule has 1 saturated heterocycles. The zero-order chi connectivity index (χ0) is 7.73. The SMILES string of the molecule is O=CC1CNCCC12CCC2. The molecule has 62 valence electrons. The Morgan fingerprint density at radius 2 is 2.18 bits per heavy atom. The van der Waals surface area contributed by atoms with E-state index < -0.39 is 0 Å². The minimum Gasteiger partial charge on any atom is -0.316 e. The first-order chi connectivity index (χ1) is 5.37. The predicted molar refractivity (Wildman–Crippen MR) is 43.3 cm³/mol. The van der Waals surface area contributed by atoms with Crippen LogP contribution in [0.2, 0.25) is 0 Å². The van der Waals surface area contributed by atoms with Crippen molar-refractivity contribution in [1.29, 1.82) is 0 Å². The van der Waals surface area contributed by atoms with Gasteiger partial charge in [-0.3, -0.25) is 0 Å². The molecule has 1 unspecified atom stereocenters. The van der Waals surface area contributed by atoms with Gasteiger partial charge in [-0.15, -0.1) is 0 Å².